The molecule has 14 heavy (non-hydrogen) atoms. The summed E-state index contributed by atoms with van der Waals surface area (Å²) in [5, 5.41) is 4.54. The van der Waals surface area contributed by atoms with Crippen LogP contribution in [0.2, 0.25) is 0 Å². The molecule has 0 aromatic rings. The van der Waals surface area contributed by atoms with Crippen molar-refractivity contribution in [1.82, 2.24) is 5.32 Å². The van der Waals surface area contributed by atoms with Gasteiger partial charge in [0.25, 0.3) is 0 Å². The van der Waals surface area contributed by atoms with E-state index < -0.39 is 0 Å². The van der Waals surface area contributed by atoms with E-state index in [9.17, 15) is 0 Å². The first-order valence-corrected chi connectivity index (χ1v) is 7.24. The molecule has 0 aromatic heterocycles. The molecule has 1 aliphatic rings. The molecule has 0 saturated heterocycles. The van der Waals surface area contributed by atoms with Crippen LogP contribution in [0.25, 0.3) is 0 Å². The second kappa shape index (κ2) is 6.02. The van der Waals surface area contributed by atoms with Crippen LogP contribution in [0.1, 0.15) is 40.0 Å². The standard InChI is InChI=1S/C12H25NS/c1-5-6-13-11-8-9(2)7-10(3)12(11)14-4/h9-13H,5-8H2,1-4H3. The fourth-order valence-corrected chi connectivity index (χ4v) is 3.87. The third kappa shape index (κ3) is 3.16. The van der Waals surface area contributed by atoms with Crippen LogP contribution in [-0.2, 0) is 0 Å². The molecule has 1 aliphatic carbocycles. The third-order valence-corrected chi connectivity index (χ3v) is 4.65. The molecule has 1 fully saturated rings. The van der Waals surface area contributed by atoms with Crippen LogP contribution in [0.5, 0.6) is 0 Å². The van der Waals surface area contributed by atoms with Crippen LogP contribution < -0.4 is 5.32 Å². The van der Waals surface area contributed by atoms with Crippen molar-refractivity contribution in [3.05, 3.63) is 0 Å². The molecule has 0 aliphatic heterocycles. The molecule has 0 radical (unpaired) electrons. The van der Waals surface area contributed by atoms with E-state index in [1.807, 2.05) is 0 Å². The Labute approximate surface area is 93.4 Å². The fraction of sp³-hybridized carbons (Fsp3) is 1.00. The zero-order valence-corrected chi connectivity index (χ0v) is 10.9. The Morgan fingerprint density at radius 1 is 1.29 bits per heavy atom. The molecular weight excluding hydrogens is 190 g/mol. The van der Waals surface area contributed by atoms with E-state index in [4.69, 9.17) is 0 Å². The van der Waals surface area contributed by atoms with Gasteiger partial charge in [-0.1, -0.05) is 20.8 Å². The van der Waals surface area contributed by atoms with Gasteiger partial charge in [-0.2, -0.15) is 11.8 Å². The van der Waals surface area contributed by atoms with Crippen LogP contribution in [0.15, 0.2) is 0 Å². The number of hydrogen-bond acceptors (Lipinski definition) is 2. The van der Waals surface area contributed by atoms with Crippen molar-refractivity contribution >= 4 is 11.8 Å². The molecule has 0 bridgehead atoms. The molecule has 4 atom stereocenters. The minimum atomic E-state index is 0.753. The summed E-state index contributed by atoms with van der Waals surface area (Å²) in [7, 11) is 0. The number of thioether (sulfide) groups is 1. The van der Waals surface area contributed by atoms with Crippen molar-refractivity contribution in [1.29, 1.82) is 0 Å². The highest BCUT2D eigenvalue weighted by Gasteiger charge is 2.32. The molecule has 84 valence electrons. The summed E-state index contributed by atoms with van der Waals surface area (Å²) in [5.41, 5.74) is 0. The first kappa shape index (κ1) is 12.4. The maximum atomic E-state index is 3.71. The molecule has 1 rings (SSSR count). The van der Waals surface area contributed by atoms with E-state index >= 15 is 0 Å². The van der Waals surface area contributed by atoms with E-state index in [1.54, 1.807) is 0 Å². The third-order valence-electron chi connectivity index (χ3n) is 3.32. The normalized spacial score (nSPS) is 38.6. The van der Waals surface area contributed by atoms with E-state index in [1.165, 1.54) is 25.8 Å². The number of nitrogens with one attached hydrogen (secondary N) is 1. The number of rotatable bonds is 4. The Morgan fingerprint density at radius 2 is 2.00 bits per heavy atom. The average molecular weight is 215 g/mol. The quantitative estimate of drug-likeness (QED) is 0.773. The highest BCUT2D eigenvalue weighted by atomic mass is 32.2. The van der Waals surface area contributed by atoms with Crippen molar-refractivity contribution in [2.24, 2.45) is 11.8 Å². The Morgan fingerprint density at radius 3 is 2.57 bits per heavy atom. The van der Waals surface area contributed by atoms with E-state index in [0.717, 1.165) is 23.1 Å². The van der Waals surface area contributed by atoms with Gasteiger partial charge in [0.05, 0.1) is 0 Å². The van der Waals surface area contributed by atoms with Gasteiger partial charge in [-0.25, -0.2) is 0 Å². The minimum Gasteiger partial charge on any atom is -0.313 e. The van der Waals surface area contributed by atoms with Crippen molar-refractivity contribution < 1.29 is 0 Å². The lowest BCUT2D eigenvalue weighted by Gasteiger charge is -2.39. The molecule has 0 aromatic carbocycles. The molecule has 0 amide bonds. The van der Waals surface area contributed by atoms with Gasteiger partial charge in [0.2, 0.25) is 0 Å². The van der Waals surface area contributed by atoms with Crippen LogP contribution in [0, 0.1) is 11.8 Å². The lowest BCUT2D eigenvalue weighted by atomic mass is 9.80. The second-order valence-electron chi connectivity index (χ2n) is 4.81. The number of hydrogen-bond donors (Lipinski definition) is 1. The van der Waals surface area contributed by atoms with Crippen LogP contribution >= 0.6 is 11.8 Å². The Hall–Kier alpha value is 0.310. The summed E-state index contributed by atoms with van der Waals surface area (Å²) in [6, 6.07) is 0.753. The van der Waals surface area contributed by atoms with E-state index in [0.29, 0.717) is 0 Å². The zero-order chi connectivity index (χ0) is 10.6. The summed E-state index contributed by atoms with van der Waals surface area (Å²) in [4.78, 5) is 0. The highest BCUT2D eigenvalue weighted by molar-refractivity contribution is 7.99. The average Bonchev–Trinajstić information content (AvgIpc) is 2.14. The largest absolute Gasteiger partial charge is 0.313 e. The summed E-state index contributed by atoms with van der Waals surface area (Å²) in [6.45, 7) is 8.24. The predicted molar refractivity (Wildman–Crippen MR) is 66.9 cm³/mol. The topological polar surface area (TPSA) is 12.0 Å². The lowest BCUT2D eigenvalue weighted by Crippen LogP contribution is -2.46. The Bertz CT molecular complexity index is 160. The summed E-state index contributed by atoms with van der Waals surface area (Å²) in [5.74, 6) is 1.78. The fourth-order valence-electron chi connectivity index (χ4n) is 2.76. The van der Waals surface area contributed by atoms with Gasteiger partial charge in [0.15, 0.2) is 0 Å². The summed E-state index contributed by atoms with van der Waals surface area (Å²) >= 11 is 2.05. The summed E-state index contributed by atoms with van der Waals surface area (Å²) in [6.07, 6.45) is 6.30. The maximum absolute atomic E-state index is 3.71. The molecule has 0 spiro atoms. The van der Waals surface area contributed by atoms with Crippen molar-refractivity contribution in [3.63, 3.8) is 0 Å². The van der Waals surface area contributed by atoms with Gasteiger partial charge in [0, 0.05) is 11.3 Å². The highest BCUT2D eigenvalue weighted by Crippen LogP contribution is 2.35. The molecule has 4 unspecified atom stereocenters. The second-order valence-corrected chi connectivity index (χ2v) is 5.83. The van der Waals surface area contributed by atoms with Crippen LogP contribution in [0.4, 0.5) is 0 Å². The molecule has 1 nitrogen and oxygen atoms in total. The molecule has 2 heteroatoms. The molecular formula is C12H25NS. The molecule has 1 saturated carbocycles. The van der Waals surface area contributed by atoms with Gasteiger partial charge >= 0.3 is 0 Å². The van der Waals surface area contributed by atoms with Crippen molar-refractivity contribution in [2.75, 3.05) is 12.8 Å². The van der Waals surface area contributed by atoms with Gasteiger partial charge in [-0.3, -0.25) is 0 Å². The predicted octanol–water partition coefficient (Wildman–Crippen LogP) is 3.15. The summed E-state index contributed by atoms with van der Waals surface area (Å²) < 4.78 is 0. The van der Waals surface area contributed by atoms with Crippen LogP contribution in [-0.4, -0.2) is 24.1 Å². The maximum Gasteiger partial charge on any atom is 0.0224 e. The molecule has 1 N–H and O–H groups in total. The SMILES string of the molecule is CCCNC1CC(C)CC(C)C1SC. The lowest BCUT2D eigenvalue weighted by molar-refractivity contribution is 0.249. The molecule has 0 heterocycles. The Kier molecular flexibility index (Phi) is 5.32. The monoisotopic (exact) mass is 215 g/mol. The minimum absolute atomic E-state index is 0.753. The van der Waals surface area contributed by atoms with Gasteiger partial charge in [-0.15, -0.1) is 0 Å². The smallest absolute Gasteiger partial charge is 0.0224 e. The van der Waals surface area contributed by atoms with Gasteiger partial charge < -0.3 is 5.32 Å². The van der Waals surface area contributed by atoms with Crippen molar-refractivity contribution in [2.45, 2.75) is 51.3 Å². The first-order valence-electron chi connectivity index (χ1n) is 5.95. The Balaban J connectivity index is 2.49. The van der Waals surface area contributed by atoms with E-state index in [-0.39, 0.29) is 0 Å². The van der Waals surface area contributed by atoms with Crippen LogP contribution in [0.3, 0.4) is 0 Å². The van der Waals surface area contributed by atoms with Gasteiger partial charge in [-0.05, 0) is 43.9 Å². The van der Waals surface area contributed by atoms with E-state index in [2.05, 4.69) is 44.1 Å². The van der Waals surface area contributed by atoms with Gasteiger partial charge in [0.1, 0.15) is 0 Å². The van der Waals surface area contributed by atoms with Crippen molar-refractivity contribution in [3.8, 4) is 0 Å². The zero-order valence-electron chi connectivity index (χ0n) is 10.0. The first-order chi connectivity index (χ1) is 6.69.